The summed E-state index contributed by atoms with van der Waals surface area (Å²) in [5.41, 5.74) is 6.61. The number of carboxylic acids is 1. The second-order valence-electron chi connectivity index (χ2n) is 3.28. The van der Waals surface area contributed by atoms with Crippen LogP contribution in [0.1, 0.15) is 35.1 Å². The Bertz CT molecular complexity index is 306. The van der Waals surface area contributed by atoms with Crippen molar-refractivity contribution in [1.82, 2.24) is 0 Å². The normalized spacial score (nSPS) is 13.2. The lowest BCUT2D eigenvalue weighted by Crippen LogP contribution is -2.18. The third kappa shape index (κ3) is 2.08. The van der Waals surface area contributed by atoms with Crippen LogP contribution in [-0.2, 0) is 0 Å². The quantitative estimate of drug-likeness (QED) is 0.783. The molecule has 0 aliphatic carbocycles. The third-order valence-corrected chi connectivity index (χ3v) is 2.89. The highest BCUT2D eigenvalue weighted by molar-refractivity contribution is 7.12. The van der Waals surface area contributed by atoms with Crippen LogP contribution in [0, 0.1) is 5.92 Å². The summed E-state index contributed by atoms with van der Waals surface area (Å²) < 4.78 is 0. The molecule has 3 nitrogen and oxygen atoms in total. The molecule has 0 saturated carbocycles. The van der Waals surface area contributed by atoms with Crippen LogP contribution in [0.5, 0.6) is 0 Å². The van der Waals surface area contributed by atoms with Crippen molar-refractivity contribution in [3.05, 3.63) is 21.9 Å². The Balaban J connectivity index is 3.00. The first-order valence-electron chi connectivity index (χ1n) is 4.10. The number of hydrogen-bond acceptors (Lipinski definition) is 3. The van der Waals surface area contributed by atoms with E-state index >= 15 is 0 Å². The van der Waals surface area contributed by atoms with Gasteiger partial charge in [-0.25, -0.2) is 4.79 Å². The van der Waals surface area contributed by atoms with Crippen LogP contribution >= 0.6 is 11.3 Å². The fourth-order valence-corrected chi connectivity index (χ4v) is 1.91. The van der Waals surface area contributed by atoms with Crippen LogP contribution in [0.4, 0.5) is 0 Å². The number of carbonyl (C=O) groups is 1. The van der Waals surface area contributed by atoms with Crippen molar-refractivity contribution in [3.63, 3.8) is 0 Å². The maximum Gasteiger partial charge on any atom is 0.346 e. The van der Waals surface area contributed by atoms with Crippen LogP contribution in [0.15, 0.2) is 11.4 Å². The Labute approximate surface area is 81.2 Å². The number of aromatic carboxylic acids is 1. The van der Waals surface area contributed by atoms with Crippen LogP contribution in [0.3, 0.4) is 0 Å². The zero-order chi connectivity index (χ0) is 10.0. The molecular weight excluding hydrogens is 186 g/mol. The zero-order valence-corrected chi connectivity index (χ0v) is 8.47. The molecular formula is C9H13NO2S. The van der Waals surface area contributed by atoms with E-state index in [9.17, 15) is 4.79 Å². The van der Waals surface area contributed by atoms with E-state index in [1.54, 1.807) is 11.4 Å². The highest BCUT2D eigenvalue weighted by Crippen LogP contribution is 2.26. The molecule has 0 aromatic carbocycles. The summed E-state index contributed by atoms with van der Waals surface area (Å²) in [6.07, 6.45) is 0. The van der Waals surface area contributed by atoms with Gasteiger partial charge in [0.1, 0.15) is 4.88 Å². The van der Waals surface area contributed by atoms with Gasteiger partial charge in [-0.05, 0) is 22.9 Å². The molecule has 3 N–H and O–H groups in total. The van der Waals surface area contributed by atoms with E-state index in [1.165, 1.54) is 11.3 Å². The summed E-state index contributed by atoms with van der Waals surface area (Å²) in [6.45, 7) is 3.96. The Kier molecular flexibility index (Phi) is 3.06. The average molecular weight is 199 g/mol. The van der Waals surface area contributed by atoms with E-state index < -0.39 is 5.97 Å². The molecule has 0 saturated heterocycles. The maximum absolute atomic E-state index is 10.8. The number of rotatable bonds is 3. The molecule has 0 amide bonds. The van der Waals surface area contributed by atoms with Gasteiger partial charge in [0.15, 0.2) is 0 Å². The Morgan fingerprint density at radius 1 is 1.62 bits per heavy atom. The molecule has 0 fully saturated rings. The molecule has 13 heavy (non-hydrogen) atoms. The predicted molar refractivity (Wildman–Crippen MR) is 53.0 cm³/mol. The number of carboxylic acid groups (broad SMARTS) is 1. The molecule has 72 valence electrons. The lowest BCUT2D eigenvalue weighted by atomic mass is 9.98. The molecule has 0 aliphatic rings. The van der Waals surface area contributed by atoms with Gasteiger partial charge < -0.3 is 10.8 Å². The van der Waals surface area contributed by atoms with Gasteiger partial charge in [-0.3, -0.25) is 0 Å². The molecule has 1 aromatic heterocycles. The molecule has 1 atom stereocenters. The first-order valence-corrected chi connectivity index (χ1v) is 4.98. The first-order chi connectivity index (χ1) is 6.04. The van der Waals surface area contributed by atoms with Crippen molar-refractivity contribution >= 4 is 17.3 Å². The van der Waals surface area contributed by atoms with Crippen molar-refractivity contribution < 1.29 is 9.90 Å². The summed E-state index contributed by atoms with van der Waals surface area (Å²) in [6, 6.07) is 1.61. The van der Waals surface area contributed by atoms with Gasteiger partial charge in [-0.1, -0.05) is 13.8 Å². The molecule has 4 heteroatoms. The predicted octanol–water partition coefficient (Wildman–Crippen LogP) is 2.10. The SMILES string of the molecule is CC(C)C(N)c1ccsc1C(=O)O. The first kappa shape index (κ1) is 10.2. The van der Waals surface area contributed by atoms with E-state index in [4.69, 9.17) is 10.8 Å². The second kappa shape index (κ2) is 3.89. The van der Waals surface area contributed by atoms with Crippen molar-refractivity contribution in [1.29, 1.82) is 0 Å². The van der Waals surface area contributed by atoms with Crippen molar-refractivity contribution in [2.45, 2.75) is 19.9 Å². The van der Waals surface area contributed by atoms with Gasteiger partial charge in [0.05, 0.1) is 0 Å². The molecule has 1 heterocycles. The Hall–Kier alpha value is -0.870. The monoisotopic (exact) mass is 199 g/mol. The summed E-state index contributed by atoms with van der Waals surface area (Å²) in [7, 11) is 0. The van der Waals surface area contributed by atoms with Crippen molar-refractivity contribution in [2.75, 3.05) is 0 Å². The topological polar surface area (TPSA) is 63.3 Å². The highest BCUT2D eigenvalue weighted by Gasteiger charge is 2.19. The number of nitrogens with two attached hydrogens (primary N) is 1. The van der Waals surface area contributed by atoms with Crippen molar-refractivity contribution in [3.8, 4) is 0 Å². The standard InChI is InChI=1S/C9H13NO2S/c1-5(2)7(10)6-3-4-13-8(6)9(11)12/h3-5,7H,10H2,1-2H3,(H,11,12). The smallest absolute Gasteiger partial charge is 0.346 e. The molecule has 1 unspecified atom stereocenters. The van der Waals surface area contributed by atoms with Crippen LogP contribution in [0.2, 0.25) is 0 Å². The van der Waals surface area contributed by atoms with Crippen molar-refractivity contribution in [2.24, 2.45) is 11.7 Å². The average Bonchev–Trinajstić information content (AvgIpc) is 2.50. The molecule has 1 rings (SSSR count). The van der Waals surface area contributed by atoms with E-state index in [1.807, 2.05) is 13.8 Å². The van der Waals surface area contributed by atoms with Crippen LogP contribution in [-0.4, -0.2) is 11.1 Å². The second-order valence-corrected chi connectivity index (χ2v) is 4.20. The number of thiophene rings is 1. The molecule has 0 spiro atoms. The minimum atomic E-state index is -0.888. The lowest BCUT2D eigenvalue weighted by molar-refractivity contribution is 0.0700. The largest absolute Gasteiger partial charge is 0.477 e. The lowest BCUT2D eigenvalue weighted by Gasteiger charge is -2.14. The zero-order valence-electron chi connectivity index (χ0n) is 7.65. The molecule has 1 aromatic rings. The van der Waals surface area contributed by atoms with Gasteiger partial charge in [0.2, 0.25) is 0 Å². The molecule has 0 radical (unpaired) electrons. The summed E-state index contributed by atoms with van der Waals surface area (Å²) in [5.74, 6) is -0.631. The van der Waals surface area contributed by atoms with Gasteiger partial charge in [-0.2, -0.15) is 0 Å². The van der Waals surface area contributed by atoms with E-state index in [0.29, 0.717) is 4.88 Å². The van der Waals surface area contributed by atoms with Gasteiger partial charge >= 0.3 is 5.97 Å². The summed E-state index contributed by atoms with van der Waals surface area (Å²) in [5, 5.41) is 10.6. The Morgan fingerprint density at radius 2 is 2.23 bits per heavy atom. The maximum atomic E-state index is 10.8. The van der Waals surface area contributed by atoms with Gasteiger partial charge in [0, 0.05) is 6.04 Å². The van der Waals surface area contributed by atoms with Crippen LogP contribution in [0.25, 0.3) is 0 Å². The minimum absolute atomic E-state index is 0.183. The van der Waals surface area contributed by atoms with E-state index in [0.717, 1.165) is 5.56 Å². The fraction of sp³-hybridized carbons (Fsp3) is 0.444. The molecule has 0 bridgehead atoms. The van der Waals surface area contributed by atoms with Gasteiger partial charge in [0.25, 0.3) is 0 Å². The van der Waals surface area contributed by atoms with E-state index in [-0.39, 0.29) is 12.0 Å². The third-order valence-electron chi connectivity index (χ3n) is 1.97. The fourth-order valence-electron chi connectivity index (χ4n) is 1.11. The van der Waals surface area contributed by atoms with E-state index in [2.05, 4.69) is 0 Å². The minimum Gasteiger partial charge on any atom is -0.477 e. The summed E-state index contributed by atoms with van der Waals surface area (Å²) in [4.78, 5) is 11.1. The van der Waals surface area contributed by atoms with Gasteiger partial charge in [-0.15, -0.1) is 11.3 Å². The van der Waals surface area contributed by atoms with Crippen LogP contribution < -0.4 is 5.73 Å². The Morgan fingerprint density at radius 3 is 2.69 bits per heavy atom. The molecule has 0 aliphatic heterocycles. The highest BCUT2D eigenvalue weighted by atomic mass is 32.1. The number of hydrogen-bond donors (Lipinski definition) is 2. The summed E-state index contributed by atoms with van der Waals surface area (Å²) >= 11 is 1.22.